The van der Waals surface area contributed by atoms with Gasteiger partial charge in [-0.15, -0.1) is 0 Å². The summed E-state index contributed by atoms with van der Waals surface area (Å²) in [7, 11) is 1.29. The summed E-state index contributed by atoms with van der Waals surface area (Å²) in [5.74, 6) is -0.935. The number of hydrogen-bond donors (Lipinski definition) is 1. The molecule has 1 atom stereocenters. The SMILES string of the molecule is COC(=O)C(NC(=O)c1ncccc1C)c1ccccc1. The van der Waals surface area contributed by atoms with E-state index in [1.165, 1.54) is 13.3 Å². The zero-order valence-corrected chi connectivity index (χ0v) is 11.9. The maximum absolute atomic E-state index is 12.3. The Morgan fingerprint density at radius 3 is 2.48 bits per heavy atom. The van der Waals surface area contributed by atoms with Gasteiger partial charge in [0.25, 0.3) is 5.91 Å². The van der Waals surface area contributed by atoms with Crippen LogP contribution in [0.2, 0.25) is 0 Å². The van der Waals surface area contributed by atoms with Gasteiger partial charge in [0, 0.05) is 6.20 Å². The van der Waals surface area contributed by atoms with Gasteiger partial charge in [-0.05, 0) is 24.1 Å². The van der Waals surface area contributed by atoms with Gasteiger partial charge in [0.2, 0.25) is 0 Å². The molecule has 1 aromatic heterocycles. The molecule has 5 heteroatoms. The number of methoxy groups -OCH3 is 1. The Hall–Kier alpha value is -2.69. The highest BCUT2D eigenvalue weighted by Crippen LogP contribution is 2.15. The molecule has 21 heavy (non-hydrogen) atoms. The van der Waals surface area contributed by atoms with Crippen molar-refractivity contribution in [1.29, 1.82) is 0 Å². The summed E-state index contributed by atoms with van der Waals surface area (Å²) in [5.41, 5.74) is 1.69. The Morgan fingerprint density at radius 2 is 1.86 bits per heavy atom. The summed E-state index contributed by atoms with van der Waals surface area (Å²) in [6.07, 6.45) is 1.54. The summed E-state index contributed by atoms with van der Waals surface area (Å²) in [4.78, 5) is 28.2. The first-order chi connectivity index (χ1) is 10.1. The summed E-state index contributed by atoms with van der Waals surface area (Å²) in [6.45, 7) is 1.79. The normalized spacial score (nSPS) is 11.5. The molecule has 0 radical (unpaired) electrons. The number of benzene rings is 1. The second-order valence-electron chi connectivity index (χ2n) is 4.51. The average molecular weight is 284 g/mol. The van der Waals surface area contributed by atoms with Crippen LogP contribution in [-0.4, -0.2) is 24.0 Å². The number of nitrogens with one attached hydrogen (secondary N) is 1. The van der Waals surface area contributed by atoms with Gasteiger partial charge in [-0.25, -0.2) is 4.79 Å². The fraction of sp³-hybridized carbons (Fsp3) is 0.188. The molecule has 1 N–H and O–H groups in total. The van der Waals surface area contributed by atoms with Crippen molar-refractivity contribution >= 4 is 11.9 Å². The monoisotopic (exact) mass is 284 g/mol. The van der Waals surface area contributed by atoms with Crippen LogP contribution in [0.3, 0.4) is 0 Å². The third kappa shape index (κ3) is 3.45. The van der Waals surface area contributed by atoms with Crippen molar-refractivity contribution in [2.24, 2.45) is 0 Å². The van der Waals surface area contributed by atoms with Crippen molar-refractivity contribution in [3.63, 3.8) is 0 Å². The highest BCUT2D eigenvalue weighted by molar-refractivity contribution is 5.96. The zero-order valence-electron chi connectivity index (χ0n) is 11.9. The van der Waals surface area contributed by atoms with E-state index in [0.717, 1.165) is 5.56 Å². The molecule has 1 unspecified atom stereocenters. The molecule has 1 heterocycles. The molecule has 0 spiro atoms. The number of carbonyl (C=O) groups excluding carboxylic acids is 2. The lowest BCUT2D eigenvalue weighted by Crippen LogP contribution is -2.35. The van der Waals surface area contributed by atoms with Gasteiger partial charge in [-0.3, -0.25) is 9.78 Å². The van der Waals surface area contributed by atoms with Crippen LogP contribution in [0.1, 0.15) is 27.7 Å². The van der Waals surface area contributed by atoms with E-state index in [-0.39, 0.29) is 0 Å². The molecule has 2 rings (SSSR count). The molecule has 0 aliphatic rings. The number of rotatable bonds is 4. The van der Waals surface area contributed by atoms with E-state index in [9.17, 15) is 9.59 Å². The van der Waals surface area contributed by atoms with Crippen LogP contribution < -0.4 is 5.32 Å². The summed E-state index contributed by atoms with van der Waals surface area (Å²) >= 11 is 0. The first kappa shape index (κ1) is 14.7. The fourth-order valence-electron chi connectivity index (χ4n) is 1.96. The molecule has 0 saturated heterocycles. The molecule has 0 aliphatic heterocycles. The molecule has 0 fully saturated rings. The van der Waals surface area contributed by atoms with Crippen LogP contribution in [0, 0.1) is 6.92 Å². The van der Waals surface area contributed by atoms with Crippen molar-refractivity contribution < 1.29 is 14.3 Å². The maximum Gasteiger partial charge on any atom is 0.333 e. The Bertz CT molecular complexity index is 641. The van der Waals surface area contributed by atoms with Gasteiger partial charge < -0.3 is 10.1 Å². The minimum atomic E-state index is -0.856. The van der Waals surface area contributed by atoms with Crippen LogP contribution in [0.4, 0.5) is 0 Å². The maximum atomic E-state index is 12.3. The number of pyridine rings is 1. The molecular formula is C16H16N2O3. The number of esters is 1. The predicted molar refractivity (Wildman–Crippen MR) is 77.6 cm³/mol. The van der Waals surface area contributed by atoms with E-state index in [4.69, 9.17) is 4.74 Å². The number of carbonyl (C=O) groups is 2. The number of hydrogen-bond acceptors (Lipinski definition) is 4. The quantitative estimate of drug-likeness (QED) is 0.872. The molecule has 5 nitrogen and oxygen atoms in total. The molecule has 1 aromatic carbocycles. The van der Waals surface area contributed by atoms with E-state index in [2.05, 4.69) is 10.3 Å². The second-order valence-corrected chi connectivity index (χ2v) is 4.51. The highest BCUT2D eigenvalue weighted by atomic mass is 16.5. The largest absolute Gasteiger partial charge is 0.467 e. The number of aromatic nitrogens is 1. The van der Waals surface area contributed by atoms with Crippen molar-refractivity contribution in [3.8, 4) is 0 Å². The predicted octanol–water partition coefficient (Wildman–Crippen LogP) is 2.03. The fourth-order valence-corrected chi connectivity index (χ4v) is 1.96. The smallest absolute Gasteiger partial charge is 0.333 e. The minimum Gasteiger partial charge on any atom is -0.467 e. The molecule has 108 valence electrons. The number of ether oxygens (including phenoxy) is 1. The Morgan fingerprint density at radius 1 is 1.14 bits per heavy atom. The molecule has 0 aliphatic carbocycles. The van der Waals surface area contributed by atoms with Crippen LogP contribution in [0.5, 0.6) is 0 Å². The lowest BCUT2D eigenvalue weighted by molar-refractivity contribution is -0.143. The van der Waals surface area contributed by atoms with Crippen molar-refractivity contribution in [2.45, 2.75) is 13.0 Å². The Labute approximate surface area is 123 Å². The van der Waals surface area contributed by atoms with E-state index in [0.29, 0.717) is 11.3 Å². The van der Waals surface area contributed by atoms with Gasteiger partial charge in [-0.1, -0.05) is 36.4 Å². The molecule has 1 amide bonds. The zero-order chi connectivity index (χ0) is 15.2. The number of nitrogens with zero attached hydrogens (tertiary/aromatic N) is 1. The Balaban J connectivity index is 2.26. The molecule has 2 aromatic rings. The average Bonchev–Trinajstić information content (AvgIpc) is 2.53. The van der Waals surface area contributed by atoms with Gasteiger partial charge in [-0.2, -0.15) is 0 Å². The summed E-state index contributed by atoms with van der Waals surface area (Å²) in [5, 5.41) is 2.67. The summed E-state index contributed by atoms with van der Waals surface area (Å²) in [6, 6.07) is 11.6. The van der Waals surface area contributed by atoms with Gasteiger partial charge in [0.15, 0.2) is 6.04 Å². The van der Waals surface area contributed by atoms with E-state index < -0.39 is 17.9 Å². The van der Waals surface area contributed by atoms with Crippen LogP contribution in [0.15, 0.2) is 48.7 Å². The first-order valence-corrected chi connectivity index (χ1v) is 6.48. The third-order valence-electron chi connectivity index (χ3n) is 3.07. The Kier molecular flexibility index (Phi) is 4.66. The lowest BCUT2D eigenvalue weighted by atomic mass is 10.1. The molecular weight excluding hydrogens is 268 g/mol. The van der Waals surface area contributed by atoms with Crippen LogP contribution in [0.25, 0.3) is 0 Å². The topological polar surface area (TPSA) is 68.3 Å². The second kappa shape index (κ2) is 6.65. The van der Waals surface area contributed by atoms with Gasteiger partial charge in [0.05, 0.1) is 7.11 Å². The van der Waals surface area contributed by atoms with E-state index in [1.807, 2.05) is 6.07 Å². The van der Waals surface area contributed by atoms with Crippen molar-refractivity contribution in [1.82, 2.24) is 10.3 Å². The number of amides is 1. The highest BCUT2D eigenvalue weighted by Gasteiger charge is 2.24. The van der Waals surface area contributed by atoms with Crippen LogP contribution in [-0.2, 0) is 9.53 Å². The van der Waals surface area contributed by atoms with Crippen molar-refractivity contribution in [3.05, 3.63) is 65.5 Å². The standard InChI is InChI=1S/C16H16N2O3/c1-11-7-6-10-17-13(11)15(19)18-14(16(20)21-2)12-8-4-3-5-9-12/h3-10,14H,1-2H3,(H,18,19). The van der Waals surface area contributed by atoms with Crippen molar-refractivity contribution in [2.75, 3.05) is 7.11 Å². The van der Waals surface area contributed by atoms with Gasteiger partial charge in [0.1, 0.15) is 5.69 Å². The van der Waals surface area contributed by atoms with E-state index in [1.54, 1.807) is 43.3 Å². The van der Waals surface area contributed by atoms with Gasteiger partial charge >= 0.3 is 5.97 Å². The van der Waals surface area contributed by atoms with E-state index >= 15 is 0 Å². The third-order valence-corrected chi connectivity index (χ3v) is 3.07. The molecule has 0 bridgehead atoms. The molecule has 0 saturated carbocycles. The summed E-state index contributed by atoms with van der Waals surface area (Å²) < 4.78 is 4.76. The number of aryl methyl sites for hydroxylation is 1. The lowest BCUT2D eigenvalue weighted by Gasteiger charge is -2.17. The minimum absolute atomic E-state index is 0.294. The van der Waals surface area contributed by atoms with Crippen LogP contribution >= 0.6 is 0 Å². The first-order valence-electron chi connectivity index (χ1n) is 6.48.